The molecule has 0 spiro atoms. The van der Waals surface area contributed by atoms with E-state index in [9.17, 15) is 25.1 Å². The summed E-state index contributed by atoms with van der Waals surface area (Å²) in [5.41, 5.74) is 2.29. The summed E-state index contributed by atoms with van der Waals surface area (Å²) in [7, 11) is 0. The van der Waals surface area contributed by atoms with Crippen LogP contribution in [0.4, 0.5) is 5.69 Å². The van der Waals surface area contributed by atoms with Gasteiger partial charge in [0, 0.05) is 35.0 Å². The second-order valence-electron chi connectivity index (χ2n) is 6.34. The van der Waals surface area contributed by atoms with E-state index in [0.717, 1.165) is 28.6 Å². The summed E-state index contributed by atoms with van der Waals surface area (Å²) < 4.78 is 0. The Morgan fingerprint density at radius 2 is 2.00 bits per heavy atom. The molecule has 3 N–H and O–H groups in total. The van der Waals surface area contributed by atoms with E-state index in [4.69, 9.17) is 0 Å². The highest BCUT2D eigenvalue weighted by Gasteiger charge is 2.35. The summed E-state index contributed by atoms with van der Waals surface area (Å²) in [4.78, 5) is 25.3. The molecule has 0 fully saturated rings. The number of nitrogens with two attached hydrogens (primary N) is 1. The number of hydrogen-bond donors (Lipinski definition) is 2. The van der Waals surface area contributed by atoms with Crippen molar-refractivity contribution in [1.82, 2.24) is 4.98 Å². The van der Waals surface area contributed by atoms with Crippen molar-refractivity contribution in [2.75, 3.05) is 0 Å². The van der Waals surface area contributed by atoms with Crippen LogP contribution in [0.1, 0.15) is 22.9 Å². The molecule has 0 saturated heterocycles. The topological polar surface area (TPSA) is 139 Å². The zero-order valence-corrected chi connectivity index (χ0v) is 13.5. The number of carboxylic acid groups (broad SMARTS) is 1. The normalized spacial score (nSPS) is 19.2. The van der Waals surface area contributed by atoms with Gasteiger partial charge in [0.1, 0.15) is 6.04 Å². The van der Waals surface area contributed by atoms with Crippen LogP contribution in [0.25, 0.3) is 10.9 Å². The summed E-state index contributed by atoms with van der Waals surface area (Å²) in [6, 6.07) is 9.40. The van der Waals surface area contributed by atoms with Gasteiger partial charge < -0.3 is 25.3 Å². The lowest BCUT2D eigenvalue weighted by Crippen LogP contribution is -2.95. The third-order valence-electron chi connectivity index (χ3n) is 4.85. The van der Waals surface area contributed by atoms with E-state index < -0.39 is 23.0 Å². The summed E-state index contributed by atoms with van der Waals surface area (Å²) in [6.07, 6.45) is 0.251. The average Bonchev–Trinajstić information content (AvgIpc) is 3.00. The van der Waals surface area contributed by atoms with E-state index in [-0.39, 0.29) is 23.4 Å². The van der Waals surface area contributed by atoms with E-state index >= 15 is 0 Å². The van der Waals surface area contributed by atoms with Crippen LogP contribution in [0, 0.1) is 10.1 Å². The maximum absolute atomic E-state index is 12.4. The summed E-state index contributed by atoms with van der Waals surface area (Å²) in [5, 5.41) is 37.4. The highest BCUT2D eigenvalue weighted by molar-refractivity contribution is 5.86. The minimum absolute atomic E-state index is 0.179. The number of fused-ring (bicyclic) bond motifs is 3. The number of nitro benzene ring substituents is 1. The quantitative estimate of drug-likeness (QED) is 0.482. The van der Waals surface area contributed by atoms with E-state index in [1.54, 1.807) is 0 Å². The molecule has 2 atom stereocenters. The predicted octanol–water partition coefficient (Wildman–Crippen LogP) is -0.523. The molecule has 0 amide bonds. The van der Waals surface area contributed by atoms with Crippen molar-refractivity contribution in [2.45, 2.75) is 18.5 Å². The molecule has 26 heavy (non-hydrogen) atoms. The van der Waals surface area contributed by atoms with E-state index in [1.165, 1.54) is 11.4 Å². The highest BCUT2D eigenvalue weighted by Crippen LogP contribution is 2.35. The number of H-pyrrole nitrogens is 1. The Bertz CT molecular complexity index is 1040. The molecule has 8 nitrogen and oxygen atoms in total. The Morgan fingerprint density at radius 1 is 1.23 bits per heavy atom. The van der Waals surface area contributed by atoms with Crippen molar-refractivity contribution in [3.63, 3.8) is 0 Å². The largest absolute Gasteiger partial charge is 0.872 e. The molecule has 8 heteroatoms. The Labute approximate surface area is 147 Å². The summed E-state index contributed by atoms with van der Waals surface area (Å²) in [5.74, 6) is -1.61. The van der Waals surface area contributed by atoms with Crippen LogP contribution in [0.3, 0.4) is 0 Å². The SMILES string of the molecule is O=C([O-])[C@H]1Cc2c([nH]c3ccccc23)[C@H](c2cc([N+](=O)[O-])ccc2[O-])[NH2+]1. The van der Waals surface area contributed by atoms with Gasteiger partial charge in [-0.15, -0.1) is 0 Å². The number of benzene rings is 2. The molecule has 0 unspecified atom stereocenters. The van der Waals surface area contributed by atoms with Gasteiger partial charge in [-0.1, -0.05) is 30.0 Å². The fraction of sp³-hybridized carbons (Fsp3) is 0.167. The molecule has 0 saturated carbocycles. The number of rotatable bonds is 3. The molecule has 0 radical (unpaired) electrons. The number of nitrogens with one attached hydrogen (secondary N) is 1. The molecule has 2 aromatic carbocycles. The first-order valence-corrected chi connectivity index (χ1v) is 8.06. The first-order valence-electron chi connectivity index (χ1n) is 8.06. The standard InChI is InChI=1S/C18H15N3O5/c22-15-6-5-9(21(25)26)7-12(15)17-16-11(8-14(20-17)18(23)24)10-3-1-2-4-13(10)19-16/h1-7,14,17,19-20,22H,8H2,(H,23,24)/p-1/t14-,17+/m1/s1. The third-order valence-corrected chi connectivity index (χ3v) is 4.85. The van der Waals surface area contributed by atoms with Crippen molar-refractivity contribution in [2.24, 2.45) is 0 Å². The van der Waals surface area contributed by atoms with Crippen LogP contribution in [0.15, 0.2) is 42.5 Å². The molecule has 1 aliphatic heterocycles. The van der Waals surface area contributed by atoms with Gasteiger partial charge in [-0.25, -0.2) is 0 Å². The lowest BCUT2D eigenvalue weighted by Gasteiger charge is -2.30. The number of nitro groups is 1. The lowest BCUT2D eigenvalue weighted by atomic mass is 9.90. The van der Waals surface area contributed by atoms with Crippen LogP contribution < -0.4 is 15.5 Å². The highest BCUT2D eigenvalue weighted by atomic mass is 16.6. The first kappa shape index (κ1) is 16.1. The molecule has 2 heterocycles. The number of aromatic nitrogens is 1. The molecule has 4 rings (SSSR count). The van der Waals surface area contributed by atoms with Crippen molar-refractivity contribution in [3.8, 4) is 5.75 Å². The molecule has 0 aliphatic carbocycles. The monoisotopic (exact) mass is 352 g/mol. The number of nitrogens with zero attached hydrogens (tertiary/aromatic N) is 1. The van der Waals surface area contributed by atoms with Crippen LogP contribution in [-0.2, 0) is 11.2 Å². The number of carbonyl (C=O) groups excluding carboxylic acids is 1. The number of aliphatic carboxylic acids is 1. The van der Waals surface area contributed by atoms with Gasteiger partial charge in [-0.05, 0) is 11.6 Å². The second-order valence-corrected chi connectivity index (χ2v) is 6.34. The van der Waals surface area contributed by atoms with Crippen LogP contribution in [0.2, 0.25) is 0 Å². The second kappa shape index (κ2) is 5.85. The number of hydrogen-bond acceptors (Lipinski definition) is 5. The van der Waals surface area contributed by atoms with Crippen LogP contribution >= 0.6 is 0 Å². The number of carbonyl (C=O) groups is 1. The van der Waals surface area contributed by atoms with Gasteiger partial charge in [0.25, 0.3) is 5.69 Å². The number of quaternary nitrogens is 1. The Hall–Kier alpha value is -3.39. The van der Waals surface area contributed by atoms with E-state index in [2.05, 4.69) is 4.98 Å². The maximum atomic E-state index is 12.4. The first-order chi connectivity index (χ1) is 12.5. The van der Waals surface area contributed by atoms with Crippen LogP contribution in [0.5, 0.6) is 5.75 Å². The van der Waals surface area contributed by atoms with E-state index in [0.29, 0.717) is 5.69 Å². The Morgan fingerprint density at radius 3 is 2.73 bits per heavy atom. The van der Waals surface area contributed by atoms with Crippen molar-refractivity contribution >= 4 is 22.6 Å². The van der Waals surface area contributed by atoms with E-state index in [1.807, 2.05) is 24.3 Å². The van der Waals surface area contributed by atoms with Crippen molar-refractivity contribution in [3.05, 3.63) is 69.4 Å². The lowest BCUT2D eigenvalue weighted by molar-refractivity contribution is -0.717. The molecule has 3 aromatic rings. The van der Waals surface area contributed by atoms with Gasteiger partial charge in [0.15, 0.2) is 6.04 Å². The van der Waals surface area contributed by atoms with Crippen molar-refractivity contribution < 1.29 is 25.2 Å². The van der Waals surface area contributed by atoms with Gasteiger partial charge in [0.05, 0.1) is 16.6 Å². The van der Waals surface area contributed by atoms with Gasteiger partial charge >= 0.3 is 0 Å². The third kappa shape index (κ3) is 2.47. The zero-order chi connectivity index (χ0) is 18.4. The minimum Gasteiger partial charge on any atom is -0.872 e. The molecular formula is C18H14N3O5-. The number of para-hydroxylation sites is 1. The molecular weight excluding hydrogens is 338 g/mol. The molecule has 0 bridgehead atoms. The molecule has 1 aromatic heterocycles. The maximum Gasteiger partial charge on any atom is 0.269 e. The Kier molecular flexibility index (Phi) is 3.62. The molecule has 132 valence electrons. The Balaban J connectivity index is 1.93. The van der Waals surface area contributed by atoms with Crippen LogP contribution in [-0.4, -0.2) is 21.9 Å². The van der Waals surface area contributed by atoms with Gasteiger partial charge in [-0.3, -0.25) is 10.1 Å². The van der Waals surface area contributed by atoms with Gasteiger partial charge in [0.2, 0.25) is 0 Å². The summed E-state index contributed by atoms with van der Waals surface area (Å²) >= 11 is 0. The fourth-order valence-corrected chi connectivity index (χ4v) is 3.64. The average molecular weight is 352 g/mol. The smallest absolute Gasteiger partial charge is 0.269 e. The number of non-ortho nitro benzene ring substituents is 1. The minimum atomic E-state index is -1.23. The number of carboxylic acids is 1. The number of aromatic amines is 1. The fourth-order valence-electron chi connectivity index (χ4n) is 3.64. The summed E-state index contributed by atoms with van der Waals surface area (Å²) in [6.45, 7) is 0. The van der Waals surface area contributed by atoms with Crippen molar-refractivity contribution in [1.29, 1.82) is 0 Å². The predicted molar refractivity (Wildman–Crippen MR) is 87.1 cm³/mol. The zero-order valence-electron chi connectivity index (χ0n) is 13.5. The molecule has 1 aliphatic rings. The van der Waals surface area contributed by atoms with Gasteiger partial charge in [-0.2, -0.15) is 0 Å².